The number of hydrogen-bond acceptors (Lipinski definition) is 1. The molecule has 0 spiro atoms. The van der Waals surface area contributed by atoms with Gasteiger partial charge in [0.1, 0.15) is 0 Å². The van der Waals surface area contributed by atoms with Gasteiger partial charge in [0.25, 0.3) is 0 Å². The van der Waals surface area contributed by atoms with E-state index < -0.39 is 6.09 Å². The van der Waals surface area contributed by atoms with Crippen LogP contribution in [0.25, 0.3) is 0 Å². The van der Waals surface area contributed by atoms with E-state index in [2.05, 4.69) is 19.2 Å². The third-order valence-electron chi connectivity index (χ3n) is 0.880. The lowest BCUT2D eigenvalue weighted by Crippen LogP contribution is -2.30. The van der Waals surface area contributed by atoms with Gasteiger partial charge in [-0.1, -0.05) is 13.3 Å². The number of nitrogens with one attached hydrogen (secondary N) is 1. The molecular formula is C6H11NO2. The number of carbonyl (C=O) groups is 1. The number of rotatable bonds is 3. The van der Waals surface area contributed by atoms with Crippen LogP contribution in [0, 0.1) is 13.8 Å². The Kier molecular flexibility index (Phi) is 3.84. The highest BCUT2D eigenvalue weighted by Gasteiger charge is 2.01. The van der Waals surface area contributed by atoms with Crippen molar-refractivity contribution in [2.24, 2.45) is 0 Å². The van der Waals surface area contributed by atoms with Crippen LogP contribution in [-0.4, -0.2) is 17.2 Å². The normalized spacial score (nSPS) is 12.7. The molecule has 9 heavy (non-hydrogen) atoms. The molecule has 0 fully saturated rings. The maximum atomic E-state index is 9.91. The average Bonchev–Trinajstić information content (AvgIpc) is 1.63. The second-order valence-electron chi connectivity index (χ2n) is 1.79. The Balaban J connectivity index is 3.26. The van der Waals surface area contributed by atoms with E-state index in [1.807, 2.05) is 0 Å². The summed E-state index contributed by atoms with van der Waals surface area (Å²) in [4.78, 5) is 9.91. The second kappa shape index (κ2) is 4.18. The average molecular weight is 129 g/mol. The molecule has 52 valence electrons. The van der Waals surface area contributed by atoms with E-state index in [0.717, 1.165) is 0 Å². The van der Waals surface area contributed by atoms with Crippen molar-refractivity contribution in [3.8, 4) is 0 Å². The Labute approximate surface area is 55.1 Å². The van der Waals surface area contributed by atoms with Crippen LogP contribution in [0.3, 0.4) is 0 Å². The molecule has 0 aromatic carbocycles. The van der Waals surface area contributed by atoms with Gasteiger partial charge in [0, 0.05) is 6.04 Å². The van der Waals surface area contributed by atoms with Crippen molar-refractivity contribution < 1.29 is 9.90 Å². The van der Waals surface area contributed by atoms with Gasteiger partial charge in [0.15, 0.2) is 0 Å². The molecule has 2 radical (unpaired) electrons. The van der Waals surface area contributed by atoms with Gasteiger partial charge < -0.3 is 10.4 Å². The van der Waals surface area contributed by atoms with Gasteiger partial charge in [-0.3, -0.25) is 0 Å². The summed E-state index contributed by atoms with van der Waals surface area (Å²) in [7, 11) is 0. The largest absolute Gasteiger partial charge is 0.465 e. The number of hydrogen-bond donors (Lipinski definition) is 2. The summed E-state index contributed by atoms with van der Waals surface area (Å²) >= 11 is 0. The van der Waals surface area contributed by atoms with Gasteiger partial charge in [-0.2, -0.15) is 0 Å². The second-order valence-corrected chi connectivity index (χ2v) is 1.79. The fraction of sp³-hybridized carbons (Fsp3) is 0.500. The summed E-state index contributed by atoms with van der Waals surface area (Å²) < 4.78 is 0. The molecule has 1 atom stereocenters. The predicted molar refractivity (Wildman–Crippen MR) is 34.9 cm³/mol. The molecule has 0 aliphatic carbocycles. The summed E-state index contributed by atoms with van der Waals surface area (Å²) in [6.07, 6.45) is 0.365. The minimum Gasteiger partial charge on any atom is -0.465 e. The van der Waals surface area contributed by atoms with Gasteiger partial charge >= 0.3 is 6.09 Å². The number of amides is 1. The molecule has 3 nitrogen and oxygen atoms in total. The smallest absolute Gasteiger partial charge is 0.404 e. The summed E-state index contributed by atoms with van der Waals surface area (Å²) in [5.74, 6) is 0. The van der Waals surface area contributed by atoms with Crippen LogP contribution < -0.4 is 5.32 Å². The van der Waals surface area contributed by atoms with Crippen LogP contribution in [0.4, 0.5) is 4.79 Å². The van der Waals surface area contributed by atoms with Crippen molar-refractivity contribution >= 4 is 6.09 Å². The predicted octanol–water partition coefficient (Wildman–Crippen LogP) is 1.07. The summed E-state index contributed by atoms with van der Waals surface area (Å²) in [5, 5.41) is 10.3. The standard InChI is InChI=1S/C6H11NO2/c1-3-4-5(2)7-6(8)9/h5,7H,1-4H2,(H,8,9). The van der Waals surface area contributed by atoms with Gasteiger partial charge in [0.05, 0.1) is 0 Å². The monoisotopic (exact) mass is 129 g/mol. The Morgan fingerprint density at radius 1 is 1.78 bits per heavy atom. The summed E-state index contributed by atoms with van der Waals surface area (Å²) in [6, 6.07) is -0.222. The molecule has 0 aromatic rings. The lowest BCUT2D eigenvalue weighted by atomic mass is 10.2. The van der Waals surface area contributed by atoms with E-state index in [1.54, 1.807) is 0 Å². The molecule has 0 rings (SSSR count). The maximum Gasteiger partial charge on any atom is 0.404 e. The molecule has 0 aromatic heterocycles. The Morgan fingerprint density at radius 3 is 2.67 bits per heavy atom. The van der Waals surface area contributed by atoms with Crippen LogP contribution in [0.15, 0.2) is 0 Å². The van der Waals surface area contributed by atoms with Crippen LogP contribution in [-0.2, 0) is 0 Å². The molecule has 1 amide bonds. The first-order valence-corrected chi connectivity index (χ1v) is 2.78. The van der Waals surface area contributed by atoms with E-state index in [4.69, 9.17) is 5.11 Å². The molecule has 1 unspecified atom stereocenters. The fourth-order valence-electron chi connectivity index (χ4n) is 0.493. The van der Waals surface area contributed by atoms with E-state index in [0.29, 0.717) is 12.8 Å². The highest BCUT2D eigenvalue weighted by molar-refractivity contribution is 5.64. The summed E-state index contributed by atoms with van der Waals surface area (Å²) in [5.41, 5.74) is 0. The van der Waals surface area contributed by atoms with Crippen LogP contribution in [0.5, 0.6) is 0 Å². The Morgan fingerprint density at radius 2 is 2.33 bits per heavy atom. The molecule has 3 heteroatoms. The SMILES string of the molecule is [CH2]CCC([CH2])NC(=O)O. The highest BCUT2D eigenvalue weighted by atomic mass is 16.4. The lowest BCUT2D eigenvalue weighted by molar-refractivity contribution is 0.191. The topological polar surface area (TPSA) is 49.3 Å². The van der Waals surface area contributed by atoms with Gasteiger partial charge in [-0.25, -0.2) is 4.79 Å². The van der Waals surface area contributed by atoms with E-state index in [-0.39, 0.29) is 6.04 Å². The molecule has 0 heterocycles. The van der Waals surface area contributed by atoms with E-state index in [1.165, 1.54) is 0 Å². The van der Waals surface area contributed by atoms with Gasteiger partial charge in [-0.15, -0.1) is 0 Å². The van der Waals surface area contributed by atoms with E-state index >= 15 is 0 Å². The first-order valence-electron chi connectivity index (χ1n) is 2.78. The van der Waals surface area contributed by atoms with Crippen molar-refractivity contribution in [3.63, 3.8) is 0 Å². The third kappa shape index (κ3) is 5.14. The molecular weight excluding hydrogens is 118 g/mol. The third-order valence-corrected chi connectivity index (χ3v) is 0.880. The zero-order valence-electron chi connectivity index (χ0n) is 5.26. The maximum absolute atomic E-state index is 9.91. The lowest BCUT2D eigenvalue weighted by Gasteiger charge is -2.07. The van der Waals surface area contributed by atoms with Crippen molar-refractivity contribution in [1.29, 1.82) is 0 Å². The zero-order chi connectivity index (χ0) is 7.28. The minimum absolute atomic E-state index is 0.222. The molecule has 0 aliphatic heterocycles. The first-order chi connectivity index (χ1) is 4.16. The van der Waals surface area contributed by atoms with Crippen LogP contribution in [0.2, 0.25) is 0 Å². The van der Waals surface area contributed by atoms with Crippen LogP contribution in [0.1, 0.15) is 12.8 Å². The van der Waals surface area contributed by atoms with Crippen molar-refractivity contribution in [2.75, 3.05) is 0 Å². The fourth-order valence-corrected chi connectivity index (χ4v) is 0.493. The Hall–Kier alpha value is -0.730. The molecule has 2 N–H and O–H groups in total. The quantitative estimate of drug-likeness (QED) is 0.598. The van der Waals surface area contributed by atoms with Crippen molar-refractivity contribution in [3.05, 3.63) is 13.8 Å². The molecule has 0 saturated heterocycles. The minimum atomic E-state index is -1.02. The molecule has 0 saturated carbocycles. The zero-order valence-corrected chi connectivity index (χ0v) is 5.26. The summed E-state index contributed by atoms with van der Waals surface area (Å²) in [6.45, 7) is 7.10. The highest BCUT2D eigenvalue weighted by Crippen LogP contribution is 1.92. The molecule has 0 bridgehead atoms. The Bertz CT molecular complexity index is 93.1. The van der Waals surface area contributed by atoms with Crippen LogP contribution >= 0.6 is 0 Å². The molecule has 0 aliphatic rings. The first kappa shape index (κ1) is 8.27. The van der Waals surface area contributed by atoms with E-state index in [9.17, 15) is 4.79 Å². The van der Waals surface area contributed by atoms with Crippen molar-refractivity contribution in [1.82, 2.24) is 5.32 Å². The van der Waals surface area contributed by atoms with Gasteiger partial charge in [0.2, 0.25) is 0 Å². The number of carboxylic acid groups (broad SMARTS) is 1. The van der Waals surface area contributed by atoms with Gasteiger partial charge in [-0.05, 0) is 13.3 Å². The van der Waals surface area contributed by atoms with Crippen molar-refractivity contribution in [2.45, 2.75) is 18.9 Å².